The van der Waals surface area contributed by atoms with E-state index in [2.05, 4.69) is 43.8 Å². The number of benzene rings is 2. The number of hydrogen-bond donors (Lipinski definition) is 1. The van der Waals surface area contributed by atoms with Crippen LogP contribution in [0.15, 0.2) is 61.1 Å². The third-order valence-corrected chi connectivity index (χ3v) is 8.14. The second-order valence-corrected chi connectivity index (χ2v) is 10.6. The standard InChI is InChI=1S/C29H35N5O2/c1-32-20-30-15-26(32)17-33-16-23-13-14-34(28(23)18-33)25-11-9-24(10-12-25)31-29(35)22-7-5-21(6-8-22)19-36-27-3-2-4-27/h5-12,15,20,23,27-28H,2-4,13-14,16-19H2,1H3,(H,31,35)/t23-,28+/m1/s1. The van der Waals surface area contributed by atoms with Gasteiger partial charge in [0.1, 0.15) is 0 Å². The Morgan fingerprint density at radius 1 is 1.06 bits per heavy atom. The lowest BCUT2D eigenvalue weighted by Gasteiger charge is -2.27. The van der Waals surface area contributed by atoms with E-state index in [1.807, 2.05) is 48.9 Å². The Bertz CT molecular complexity index is 1190. The highest BCUT2D eigenvalue weighted by molar-refractivity contribution is 6.04. The van der Waals surface area contributed by atoms with Gasteiger partial charge in [-0.3, -0.25) is 9.69 Å². The zero-order valence-electron chi connectivity index (χ0n) is 21.0. The third kappa shape index (κ3) is 4.90. The third-order valence-electron chi connectivity index (χ3n) is 8.14. The van der Waals surface area contributed by atoms with Crippen LogP contribution in [0.2, 0.25) is 0 Å². The summed E-state index contributed by atoms with van der Waals surface area (Å²) in [7, 11) is 2.06. The molecule has 3 aliphatic rings. The molecule has 1 saturated carbocycles. The summed E-state index contributed by atoms with van der Waals surface area (Å²) >= 11 is 0. The number of imidazole rings is 1. The van der Waals surface area contributed by atoms with Gasteiger partial charge in [0.15, 0.2) is 0 Å². The number of anilines is 2. The SMILES string of the molecule is Cn1cncc1CN1C[C@H]2CCN(c3ccc(NC(=O)c4ccc(COC5CCC5)cc4)cc3)[C@H]2C1. The fraction of sp³-hybridized carbons (Fsp3) is 0.448. The second kappa shape index (κ2) is 10.1. The van der Waals surface area contributed by atoms with Crippen molar-refractivity contribution in [1.82, 2.24) is 14.5 Å². The minimum absolute atomic E-state index is 0.0861. The van der Waals surface area contributed by atoms with Gasteiger partial charge in [-0.2, -0.15) is 0 Å². The molecule has 0 unspecified atom stereocenters. The molecule has 188 valence electrons. The Morgan fingerprint density at radius 3 is 2.56 bits per heavy atom. The molecular formula is C29H35N5O2. The van der Waals surface area contributed by atoms with Gasteiger partial charge in [-0.25, -0.2) is 4.98 Å². The van der Waals surface area contributed by atoms with Crippen molar-refractivity contribution in [2.45, 2.75) is 51.0 Å². The molecule has 2 saturated heterocycles. The van der Waals surface area contributed by atoms with Gasteiger partial charge >= 0.3 is 0 Å². The first-order valence-electron chi connectivity index (χ1n) is 13.2. The molecule has 2 aliphatic heterocycles. The molecule has 2 atom stereocenters. The number of carbonyl (C=O) groups excluding carboxylic acids is 1. The predicted octanol–water partition coefficient (Wildman–Crippen LogP) is 4.45. The normalized spacial score (nSPS) is 22.0. The summed E-state index contributed by atoms with van der Waals surface area (Å²) < 4.78 is 7.97. The summed E-state index contributed by atoms with van der Waals surface area (Å²) in [4.78, 5) is 22.1. The van der Waals surface area contributed by atoms with Crippen LogP contribution < -0.4 is 10.2 Å². The van der Waals surface area contributed by atoms with Crippen LogP contribution in [0.1, 0.15) is 47.3 Å². The topological polar surface area (TPSA) is 62.6 Å². The zero-order chi connectivity index (χ0) is 24.5. The average Bonchev–Trinajstić information content (AvgIpc) is 3.56. The maximum atomic E-state index is 12.8. The van der Waals surface area contributed by atoms with E-state index in [1.54, 1.807) is 0 Å². The van der Waals surface area contributed by atoms with Crippen molar-refractivity contribution in [1.29, 1.82) is 0 Å². The van der Waals surface area contributed by atoms with Crippen molar-refractivity contribution in [2.75, 3.05) is 29.9 Å². The number of nitrogens with one attached hydrogen (secondary N) is 1. The van der Waals surface area contributed by atoms with Crippen LogP contribution in [-0.4, -0.2) is 52.1 Å². The smallest absolute Gasteiger partial charge is 0.255 e. The molecule has 1 aliphatic carbocycles. The van der Waals surface area contributed by atoms with Gasteiger partial charge in [0.25, 0.3) is 5.91 Å². The van der Waals surface area contributed by atoms with E-state index < -0.39 is 0 Å². The lowest BCUT2D eigenvalue weighted by molar-refractivity contribution is -0.00866. The first kappa shape index (κ1) is 23.3. The van der Waals surface area contributed by atoms with Gasteiger partial charge in [-0.1, -0.05) is 12.1 Å². The van der Waals surface area contributed by atoms with Crippen LogP contribution in [0.3, 0.4) is 0 Å². The number of hydrogen-bond acceptors (Lipinski definition) is 5. The molecule has 1 N–H and O–H groups in total. The summed E-state index contributed by atoms with van der Waals surface area (Å²) in [6.45, 7) is 4.89. The molecule has 0 radical (unpaired) electrons. The number of aromatic nitrogens is 2. The van der Waals surface area contributed by atoms with E-state index >= 15 is 0 Å². The van der Waals surface area contributed by atoms with Gasteiger partial charge < -0.3 is 19.5 Å². The van der Waals surface area contributed by atoms with Gasteiger partial charge in [0.05, 0.1) is 24.7 Å². The summed E-state index contributed by atoms with van der Waals surface area (Å²) in [6.07, 6.45) is 9.10. The zero-order valence-corrected chi connectivity index (χ0v) is 21.0. The summed E-state index contributed by atoms with van der Waals surface area (Å²) in [6, 6.07) is 16.6. The fourth-order valence-electron chi connectivity index (χ4n) is 5.71. The molecule has 2 aromatic carbocycles. The van der Waals surface area contributed by atoms with E-state index in [-0.39, 0.29) is 5.91 Å². The molecule has 3 aromatic rings. The minimum atomic E-state index is -0.0861. The maximum absolute atomic E-state index is 12.8. The Labute approximate surface area is 213 Å². The Balaban J connectivity index is 1.03. The van der Waals surface area contributed by atoms with Gasteiger partial charge in [0, 0.05) is 62.4 Å². The molecule has 1 amide bonds. The largest absolute Gasteiger partial charge is 0.374 e. The molecule has 3 fully saturated rings. The number of aryl methyl sites for hydroxylation is 1. The van der Waals surface area contributed by atoms with Crippen molar-refractivity contribution in [3.8, 4) is 0 Å². The van der Waals surface area contributed by atoms with Crippen LogP contribution >= 0.6 is 0 Å². The van der Waals surface area contributed by atoms with Crippen molar-refractivity contribution in [3.63, 3.8) is 0 Å². The molecule has 7 nitrogen and oxygen atoms in total. The van der Waals surface area contributed by atoms with Gasteiger partial charge in [0.2, 0.25) is 0 Å². The Morgan fingerprint density at radius 2 is 1.86 bits per heavy atom. The fourth-order valence-corrected chi connectivity index (χ4v) is 5.71. The number of rotatable bonds is 8. The molecule has 3 heterocycles. The van der Waals surface area contributed by atoms with Crippen molar-refractivity contribution in [2.24, 2.45) is 13.0 Å². The van der Waals surface area contributed by atoms with Crippen LogP contribution in [0.5, 0.6) is 0 Å². The number of fused-ring (bicyclic) bond motifs is 1. The van der Waals surface area contributed by atoms with E-state index in [0.717, 1.165) is 37.4 Å². The minimum Gasteiger partial charge on any atom is -0.374 e. The predicted molar refractivity (Wildman–Crippen MR) is 141 cm³/mol. The quantitative estimate of drug-likeness (QED) is 0.511. The van der Waals surface area contributed by atoms with E-state index in [1.165, 1.54) is 37.1 Å². The van der Waals surface area contributed by atoms with Crippen molar-refractivity contribution in [3.05, 3.63) is 77.9 Å². The number of amides is 1. The van der Waals surface area contributed by atoms with E-state index in [0.29, 0.717) is 30.2 Å². The lowest BCUT2D eigenvalue weighted by atomic mass is 9.96. The van der Waals surface area contributed by atoms with Crippen LogP contribution in [-0.2, 0) is 24.9 Å². The molecular weight excluding hydrogens is 450 g/mol. The highest BCUT2D eigenvalue weighted by Gasteiger charge is 2.41. The highest BCUT2D eigenvalue weighted by Crippen LogP contribution is 2.36. The molecule has 0 bridgehead atoms. The average molecular weight is 486 g/mol. The molecule has 36 heavy (non-hydrogen) atoms. The van der Waals surface area contributed by atoms with Crippen LogP contribution in [0.4, 0.5) is 11.4 Å². The summed E-state index contributed by atoms with van der Waals surface area (Å²) in [5.41, 5.74) is 5.09. The molecule has 1 aromatic heterocycles. The van der Waals surface area contributed by atoms with E-state index in [4.69, 9.17) is 4.74 Å². The number of nitrogens with zero attached hydrogens (tertiary/aromatic N) is 4. The Hall–Kier alpha value is -3.16. The van der Waals surface area contributed by atoms with Crippen LogP contribution in [0.25, 0.3) is 0 Å². The van der Waals surface area contributed by atoms with Crippen molar-refractivity contribution < 1.29 is 9.53 Å². The molecule has 0 spiro atoms. The van der Waals surface area contributed by atoms with Crippen molar-refractivity contribution >= 4 is 17.3 Å². The van der Waals surface area contributed by atoms with Crippen LogP contribution in [0, 0.1) is 5.92 Å². The van der Waals surface area contributed by atoms with E-state index in [9.17, 15) is 4.79 Å². The van der Waals surface area contributed by atoms with Gasteiger partial charge in [-0.15, -0.1) is 0 Å². The first-order valence-corrected chi connectivity index (χ1v) is 13.2. The monoisotopic (exact) mass is 485 g/mol. The lowest BCUT2D eigenvalue weighted by Crippen LogP contribution is -2.35. The maximum Gasteiger partial charge on any atom is 0.255 e. The van der Waals surface area contributed by atoms with Gasteiger partial charge in [-0.05, 0) is 73.6 Å². The highest BCUT2D eigenvalue weighted by atomic mass is 16.5. The molecule has 6 rings (SSSR count). The molecule has 7 heteroatoms. The number of ether oxygens (including phenoxy) is 1. The summed E-state index contributed by atoms with van der Waals surface area (Å²) in [5, 5.41) is 3.04. The number of carbonyl (C=O) groups is 1. The first-order chi connectivity index (χ1) is 17.6. The Kier molecular flexibility index (Phi) is 6.50. The number of likely N-dealkylation sites (tertiary alicyclic amines) is 1. The summed E-state index contributed by atoms with van der Waals surface area (Å²) in [5.74, 6) is 0.622. The second-order valence-electron chi connectivity index (χ2n) is 10.6.